The van der Waals surface area contributed by atoms with Gasteiger partial charge in [-0.25, -0.2) is 0 Å². The fourth-order valence-corrected chi connectivity index (χ4v) is 4.12. The van der Waals surface area contributed by atoms with Gasteiger partial charge in [0.2, 0.25) is 0 Å². The predicted molar refractivity (Wildman–Crippen MR) is 99.3 cm³/mol. The van der Waals surface area contributed by atoms with Gasteiger partial charge in [0.15, 0.2) is 0 Å². The maximum atomic E-state index is 5.90. The lowest BCUT2D eigenvalue weighted by Crippen LogP contribution is -2.34. The molecule has 1 aliphatic carbocycles. The summed E-state index contributed by atoms with van der Waals surface area (Å²) >= 11 is 0. The van der Waals surface area contributed by atoms with Gasteiger partial charge in [-0.15, -0.1) is 6.58 Å². The van der Waals surface area contributed by atoms with E-state index in [9.17, 15) is 0 Å². The molecule has 0 spiro atoms. The van der Waals surface area contributed by atoms with E-state index in [0.29, 0.717) is 5.92 Å². The smallest absolute Gasteiger partial charge is 0.0314 e. The third kappa shape index (κ3) is 3.12. The molecule has 0 heterocycles. The van der Waals surface area contributed by atoms with Crippen LogP contribution in [-0.2, 0) is 5.41 Å². The molecule has 2 nitrogen and oxygen atoms in total. The first-order valence-corrected chi connectivity index (χ1v) is 8.47. The van der Waals surface area contributed by atoms with Gasteiger partial charge in [-0.1, -0.05) is 43.2 Å². The Kier molecular flexibility index (Phi) is 4.42. The first-order chi connectivity index (χ1) is 11.1. The zero-order valence-corrected chi connectivity index (χ0v) is 13.7. The van der Waals surface area contributed by atoms with Gasteiger partial charge >= 0.3 is 0 Å². The van der Waals surface area contributed by atoms with E-state index in [1.54, 1.807) is 0 Å². The Morgan fingerprint density at radius 3 is 1.96 bits per heavy atom. The van der Waals surface area contributed by atoms with Crippen LogP contribution in [0.4, 0.5) is 11.4 Å². The topological polar surface area (TPSA) is 52.0 Å². The lowest BCUT2D eigenvalue weighted by Gasteiger charge is -2.42. The second-order valence-electron chi connectivity index (χ2n) is 6.81. The van der Waals surface area contributed by atoms with Crippen molar-refractivity contribution in [1.82, 2.24) is 0 Å². The highest BCUT2D eigenvalue weighted by atomic mass is 14.5. The van der Waals surface area contributed by atoms with Crippen molar-refractivity contribution < 1.29 is 0 Å². The van der Waals surface area contributed by atoms with E-state index in [2.05, 4.69) is 36.9 Å². The molecule has 23 heavy (non-hydrogen) atoms. The van der Waals surface area contributed by atoms with Gasteiger partial charge in [0.25, 0.3) is 0 Å². The van der Waals surface area contributed by atoms with Crippen molar-refractivity contribution in [2.75, 3.05) is 11.5 Å². The van der Waals surface area contributed by atoms with E-state index in [1.807, 2.05) is 24.3 Å². The molecule has 0 saturated heterocycles. The first kappa shape index (κ1) is 15.7. The Labute approximate surface area is 139 Å². The summed E-state index contributed by atoms with van der Waals surface area (Å²) < 4.78 is 0. The van der Waals surface area contributed by atoms with Crippen LogP contribution in [0.1, 0.15) is 43.2 Å². The van der Waals surface area contributed by atoms with Crippen LogP contribution in [0.2, 0.25) is 0 Å². The maximum absolute atomic E-state index is 5.90. The molecule has 1 saturated carbocycles. The average molecular weight is 306 g/mol. The molecule has 2 heteroatoms. The van der Waals surface area contributed by atoms with Gasteiger partial charge in [0.1, 0.15) is 0 Å². The first-order valence-electron chi connectivity index (χ1n) is 8.47. The van der Waals surface area contributed by atoms with Gasteiger partial charge in [-0.05, 0) is 60.6 Å². The molecule has 0 amide bonds. The largest absolute Gasteiger partial charge is 0.399 e. The van der Waals surface area contributed by atoms with Crippen LogP contribution in [0, 0.1) is 5.92 Å². The Morgan fingerprint density at radius 2 is 1.48 bits per heavy atom. The molecule has 0 radical (unpaired) electrons. The van der Waals surface area contributed by atoms with Crippen molar-refractivity contribution in [3.63, 3.8) is 0 Å². The van der Waals surface area contributed by atoms with E-state index >= 15 is 0 Å². The Bertz CT molecular complexity index is 610. The minimum Gasteiger partial charge on any atom is -0.399 e. The van der Waals surface area contributed by atoms with Gasteiger partial charge in [-0.2, -0.15) is 0 Å². The summed E-state index contributed by atoms with van der Waals surface area (Å²) in [5.41, 5.74) is 16.2. The molecule has 0 bridgehead atoms. The molecule has 2 aromatic rings. The van der Waals surface area contributed by atoms with Crippen molar-refractivity contribution in [3.05, 3.63) is 72.3 Å². The zero-order chi connectivity index (χ0) is 16.3. The molecule has 1 atom stereocenters. The molecule has 0 aliphatic heterocycles. The Balaban J connectivity index is 2.06. The van der Waals surface area contributed by atoms with Crippen LogP contribution in [0.3, 0.4) is 0 Å². The molecule has 1 unspecified atom stereocenters. The standard InChI is InChI=1S/C21H26N2/c1-2-4-16-5-3-14-21(15-16,17-6-10-19(22)11-7-17)18-8-12-20(23)13-9-18/h2,6-13,16H,1,3-5,14-15,22-23H2. The fraction of sp³-hybridized carbons (Fsp3) is 0.333. The molecular formula is C21H26N2. The highest BCUT2D eigenvalue weighted by molar-refractivity contribution is 5.49. The van der Waals surface area contributed by atoms with Crippen molar-refractivity contribution >= 4 is 11.4 Å². The number of allylic oxidation sites excluding steroid dienone is 1. The molecule has 2 aromatic carbocycles. The van der Waals surface area contributed by atoms with E-state index in [4.69, 9.17) is 11.5 Å². The monoisotopic (exact) mass is 306 g/mol. The Hall–Kier alpha value is -2.22. The van der Waals surface area contributed by atoms with Crippen LogP contribution < -0.4 is 11.5 Å². The lowest BCUT2D eigenvalue weighted by atomic mass is 9.62. The summed E-state index contributed by atoms with van der Waals surface area (Å²) in [6.07, 6.45) is 8.02. The second kappa shape index (κ2) is 6.49. The summed E-state index contributed by atoms with van der Waals surface area (Å²) in [5, 5.41) is 0. The van der Waals surface area contributed by atoms with Crippen molar-refractivity contribution in [2.45, 2.75) is 37.5 Å². The highest BCUT2D eigenvalue weighted by Crippen LogP contribution is 2.48. The van der Waals surface area contributed by atoms with Gasteiger partial charge in [0.05, 0.1) is 0 Å². The van der Waals surface area contributed by atoms with Gasteiger partial charge in [0, 0.05) is 16.8 Å². The fourth-order valence-electron chi connectivity index (χ4n) is 4.12. The van der Waals surface area contributed by atoms with Crippen LogP contribution in [0.15, 0.2) is 61.2 Å². The SMILES string of the molecule is C=CCC1CCCC(c2ccc(N)cc2)(c2ccc(N)cc2)C1. The van der Waals surface area contributed by atoms with Gasteiger partial charge in [-0.3, -0.25) is 0 Å². The molecule has 4 N–H and O–H groups in total. The summed E-state index contributed by atoms with van der Waals surface area (Å²) in [5.74, 6) is 0.691. The molecule has 120 valence electrons. The summed E-state index contributed by atoms with van der Waals surface area (Å²) in [6, 6.07) is 16.9. The van der Waals surface area contributed by atoms with Crippen molar-refractivity contribution in [3.8, 4) is 0 Å². The highest BCUT2D eigenvalue weighted by Gasteiger charge is 2.38. The van der Waals surface area contributed by atoms with Crippen molar-refractivity contribution in [2.24, 2.45) is 5.92 Å². The van der Waals surface area contributed by atoms with Crippen LogP contribution in [-0.4, -0.2) is 0 Å². The quantitative estimate of drug-likeness (QED) is 0.623. The van der Waals surface area contributed by atoms with Gasteiger partial charge < -0.3 is 11.5 Å². The third-order valence-electron chi connectivity index (χ3n) is 5.28. The molecule has 3 rings (SSSR count). The average Bonchev–Trinajstić information content (AvgIpc) is 2.56. The van der Waals surface area contributed by atoms with Crippen LogP contribution in [0.25, 0.3) is 0 Å². The van der Waals surface area contributed by atoms with E-state index in [0.717, 1.165) is 24.2 Å². The minimum atomic E-state index is 0.0628. The molecule has 1 aliphatic rings. The maximum Gasteiger partial charge on any atom is 0.0314 e. The number of benzene rings is 2. The van der Waals surface area contributed by atoms with E-state index in [1.165, 1.54) is 30.4 Å². The lowest BCUT2D eigenvalue weighted by molar-refractivity contribution is 0.258. The number of hydrogen-bond donors (Lipinski definition) is 2. The second-order valence-corrected chi connectivity index (χ2v) is 6.81. The number of rotatable bonds is 4. The number of nitrogen functional groups attached to an aromatic ring is 2. The minimum absolute atomic E-state index is 0.0628. The summed E-state index contributed by atoms with van der Waals surface area (Å²) in [7, 11) is 0. The van der Waals surface area contributed by atoms with E-state index in [-0.39, 0.29) is 5.41 Å². The molecular weight excluding hydrogens is 280 g/mol. The van der Waals surface area contributed by atoms with E-state index < -0.39 is 0 Å². The van der Waals surface area contributed by atoms with Crippen LogP contribution >= 0.6 is 0 Å². The number of nitrogens with two attached hydrogens (primary N) is 2. The summed E-state index contributed by atoms with van der Waals surface area (Å²) in [4.78, 5) is 0. The predicted octanol–water partition coefficient (Wildman–Crippen LogP) is 4.90. The normalized spacial score (nSPS) is 20.1. The van der Waals surface area contributed by atoms with Crippen molar-refractivity contribution in [1.29, 1.82) is 0 Å². The number of anilines is 2. The third-order valence-corrected chi connectivity index (χ3v) is 5.28. The number of hydrogen-bond acceptors (Lipinski definition) is 2. The zero-order valence-electron chi connectivity index (χ0n) is 13.7. The molecule has 0 aromatic heterocycles. The van der Waals surface area contributed by atoms with Crippen LogP contribution in [0.5, 0.6) is 0 Å². The summed E-state index contributed by atoms with van der Waals surface area (Å²) in [6.45, 7) is 3.94. The Morgan fingerprint density at radius 1 is 0.957 bits per heavy atom. The molecule has 1 fully saturated rings.